The Morgan fingerprint density at radius 2 is 1.71 bits per heavy atom. The molecule has 2 aromatic rings. The molecule has 2 nitrogen and oxygen atoms in total. The van der Waals surface area contributed by atoms with Gasteiger partial charge < -0.3 is 17.0 Å². The van der Waals surface area contributed by atoms with Crippen LogP contribution in [-0.4, -0.2) is 5.78 Å². The third kappa shape index (κ3) is 4.65. The average Bonchev–Trinajstić information content (AvgIpc) is 2.40. The van der Waals surface area contributed by atoms with Gasteiger partial charge in [-0.25, -0.2) is 0 Å². The van der Waals surface area contributed by atoms with Crippen LogP contribution in [0.5, 0.6) is 0 Å². The fourth-order valence-corrected chi connectivity index (χ4v) is 2.17. The second-order valence-corrected chi connectivity index (χ2v) is 6.29. The number of pyridine rings is 1. The largest absolute Gasteiger partial charge is 1.00 e. The normalized spacial score (nSPS) is 10.9. The lowest BCUT2D eigenvalue weighted by Gasteiger charge is -2.18. The zero-order chi connectivity index (χ0) is 14.8. The highest BCUT2D eigenvalue weighted by Gasteiger charge is 2.17. The number of nitrogens with zero attached hydrogens (tertiary/aromatic N) is 1. The summed E-state index contributed by atoms with van der Waals surface area (Å²) >= 11 is 6.05. The number of rotatable bonds is 3. The van der Waals surface area contributed by atoms with Gasteiger partial charge in [0.1, 0.15) is 0 Å². The lowest BCUT2D eigenvalue weighted by molar-refractivity contribution is -0.681. The van der Waals surface area contributed by atoms with E-state index < -0.39 is 0 Å². The summed E-state index contributed by atoms with van der Waals surface area (Å²) in [7, 11) is 0. The number of aromatic nitrogens is 1. The third-order valence-corrected chi connectivity index (χ3v) is 3.62. The van der Waals surface area contributed by atoms with E-state index >= 15 is 0 Å². The quantitative estimate of drug-likeness (QED) is 0.446. The molecule has 0 radical (unpaired) electrons. The molecular weight excluding hydrogens is 350 g/mol. The lowest BCUT2D eigenvalue weighted by atomic mass is 9.86. The molecule has 0 aliphatic carbocycles. The monoisotopic (exact) mass is 367 g/mol. The van der Waals surface area contributed by atoms with E-state index in [-0.39, 0.29) is 34.7 Å². The van der Waals surface area contributed by atoms with E-state index in [9.17, 15) is 4.79 Å². The van der Waals surface area contributed by atoms with E-state index in [0.29, 0.717) is 10.7 Å². The Kier molecular flexibility index (Phi) is 6.11. The molecule has 112 valence electrons. The van der Waals surface area contributed by atoms with E-state index in [1.165, 1.54) is 5.56 Å². The van der Waals surface area contributed by atoms with E-state index in [2.05, 4.69) is 20.8 Å². The number of Topliss-reactive ketones (excluding diaryl/α,β-unsaturated/α-hetero) is 1. The van der Waals surface area contributed by atoms with Gasteiger partial charge in [-0.05, 0) is 28.6 Å². The summed E-state index contributed by atoms with van der Waals surface area (Å²) in [6, 6.07) is 13.3. The molecule has 1 aromatic carbocycles. The van der Waals surface area contributed by atoms with Crippen LogP contribution in [0.25, 0.3) is 0 Å². The van der Waals surface area contributed by atoms with Crippen LogP contribution in [0.15, 0.2) is 48.7 Å². The molecule has 0 N–H and O–H groups in total. The van der Waals surface area contributed by atoms with Crippen molar-refractivity contribution in [1.82, 2.24) is 0 Å². The first-order valence-electron chi connectivity index (χ1n) is 6.65. The van der Waals surface area contributed by atoms with Gasteiger partial charge in [-0.3, -0.25) is 4.79 Å². The van der Waals surface area contributed by atoms with Crippen LogP contribution in [-0.2, 0) is 12.0 Å². The average molecular weight is 369 g/mol. The Balaban J connectivity index is 0.00000220. The molecule has 1 aromatic heterocycles. The Bertz CT molecular complexity index is 617. The number of carbonyl (C=O) groups excluding carboxylic acids is 1. The minimum absolute atomic E-state index is 0. The molecule has 0 spiro atoms. The molecule has 0 saturated carbocycles. The van der Waals surface area contributed by atoms with Crippen molar-refractivity contribution in [2.45, 2.75) is 32.7 Å². The topological polar surface area (TPSA) is 20.9 Å². The molecular formula is C17H19BrClNO. The highest BCUT2D eigenvalue weighted by molar-refractivity contribution is 6.28. The number of benzene rings is 1. The van der Waals surface area contributed by atoms with Gasteiger partial charge in [-0.2, -0.15) is 4.57 Å². The smallest absolute Gasteiger partial charge is 0.275 e. The van der Waals surface area contributed by atoms with Crippen LogP contribution in [0.3, 0.4) is 0 Å². The summed E-state index contributed by atoms with van der Waals surface area (Å²) in [5.74, 6) is 0.0589. The molecule has 0 amide bonds. The highest BCUT2D eigenvalue weighted by Crippen LogP contribution is 2.22. The number of ketones is 1. The van der Waals surface area contributed by atoms with Gasteiger partial charge in [-0.15, -0.1) is 0 Å². The molecule has 21 heavy (non-hydrogen) atoms. The molecule has 0 atom stereocenters. The van der Waals surface area contributed by atoms with Gasteiger partial charge in [0.25, 0.3) is 5.15 Å². The molecule has 2 rings (SSSR count). The molecule has 4 heteroatoms. The summed E-state index contributed by atoms with van der Waals surface area (Å²) in [6.45, 7) is 6.73. The minimum Gasteiger partial charge on any atom is -1.00 e. The number of halogens is 2. The second-order valence-electron chi connectivity index (χ2n) is 5.90. The number of carbonyl (C=O) groups is 1. The van der Waals surface area contributed by atoms with E-state index in [4.69, 9.17) is 11.6 Å². The summed E-state index contributed by atoms with van der Waals surface area (Å²) in [5, 5.41) is 0.562. The van der Waals surface area contributed by atoms with E-state index in [1.807, 2.05) is 42.6 Å². The fraction of sp³-hybridized carbons (Fsp3) is 0.294. The van der Waals surface area contributed by atoms with Crippen LogP contribution in [0.4, 0.5) is 0 Å². The lowest BCUT2D eigenvalue weighted by Crippen LogP contribution is -3.00. The van der Waals surface area contributed by atoms with E-state index in [0.717, 1.165) is 0 Å². The van der Waals surface area contributed by atoms with Crippen molar-refractivity contribution in [2.24, 2.45) is 0 Å². The minimum atomic E-state index is 0. The molecule has 0 saturated heterocycles. The zero-order valence-electron chi connectivity index (χ0n) is 12.4. The Morgan fingerprint density at radius 3 is 2.24 bits per heavy atom. The van der Waals surface area contributed by atoms with Gasteiger partial charge in [0.15, 0.2) is 6.20 Å². The SMILES string of the molecule is CC(C)(C)c1ccc(C(=O)C[n+]2ccccc2Cl)cc1.[Br-]. The molecule has 0 aliphatic heterocycles. The maximum atomic E-state index is 12.2. The summed E-state index contributed by atoms with van der Waals surface area (Å²) in [5.41, 5.74) is 2.03. The first kappa shape index (κ1) is 17.9. The van der Waals surface area contributed by atoms with Crippen molar-refractivity contribution in [2.75, 3.05) is 0 Å². The first-order chi connectivity index (χ1) is 9.38. The maximum Gasteiger partial charge on any atom is 0.275 e. The van der Waals surface area contributed by atoms with Crippen LogP contribution in [0.2, 0.25) is 5.15 Å². The molecule has 0 bridgehead atoms. The zero-order valence-corrected chi connectivity index (χ0v) is 14.8. The van der Waals surface area contributed by atoms with Crippen LogP contribution >= 0.6 is 11.6 Å². The Labute approximate surface area is 141 Å². The Hall–Kier alpha value is -1.19. The molecule has 0 unspecified atom stereocenters. The first-order valence-corrected chi connectivity index (χ1v) is 7.03. The van der Waals surface area contributed by atoms with Gasteiger partial charge in [-0.1, -0.05) is 45.0 Å². The van der Waals surface area contributed by atoms with Crippen molar-refractivity contribution in [1.29, 1.82) is 0 Å². The van der Waals surface area contributed by atoms with Crippen molar-refractivity contribution in [3.63, 3.8) is 0 Å². The summed E-state index contributed by atoms with van der Waals surface area (Å²) in [4.78, 5) is 12.2. The fourth-order valence-electron chi connectivity index (χ4n) is 1.99. The highest BCUT2D eigenvalue weighted by atomic mass is 79.9. The standard InChI is InChI=1S/C17H19ClNO.BrH/c1-17(2,3)14-9-7-13(8-10-14)15(20)12-19-11-5-4-6-16(19)18;/h4-11H,12H2,1-3H3;1H/q+1;/p-1. The van der Waals surface area contributed by atoms with Gasteiger partial charge in [0, 0.05) is 17.7 Å². The van der Waals surface area contributed by atoms with Crippen molar-refractivity contribution >= 4 is 17.4 Å². The van der Waals surface area contributed by atoms with E-state index in [1.54, 1.807) is 10.6 Å². The summed E-state index contributed by atoms with van der Waals surface area (Å²) < 4.78 is 1.74. The molecule has 0 fully saturated rings. The van der Waals surface area contributed by atoms with Crippen molar-refractivity contribution in [3.8, 4) is 0 Å². The maximum absolute atomic E-state index is 12.2. The van der Waals surface area contributed by atoms with Crippen LogP contribution in [0.1, 0.15) is 36.7 Å². The van der Waals surface area contributed by atoms with Crippen LogP contribution < -0.4 is 21.5 Å². The summed E-state index contributed by atoms with van der Waals surface area (Å²) in [6.07, 6.45) is 1.81. The molecule has 0 aliphatic rings. The number of hydrogen-bond donors (Lipinski definition) is 0. The second kappa shape index (κ2) is 7.19. The third-order valence-electron chi connectivity index (χ3n) is 3.27. The predicted octanol–water partition coefficient (Wildman–Crippen LogP) is 0.812. The van der Waals surface area contributed by atoms with Crippen LogP contribution in [0, 0.1) is 0 Å². The van der Waals surface area contributed by atoms with Gasteiger partial charge in [0.2, 0.25) is 12.3 Å². The van der Waals surface area contributed by atoms with Gasteiger partial charge >= 0.3 is 0 Å². The van der Waals surface area contributed by atoms with Crippen molar-refractivity contribution in [3.05, 3.63) is 64.9 Å². The Morgan fingerprint density at radius 1 is 1.10 bits per heavy atom. The number of hydrogen-bond acceptors (Lipinski definition) is 1. The van der Waals surface area contributed by atoms with Crippen molar-refractivity contribution < 1.29 is 26.3 Å². The molecule has 1 heterocycles. The predicted molar refractivity (Wildman–Crippen MR) is 81.1 cm³/mol. The van der Waals surface area contributed by atoms with Gasteiger partial charge in [0.05, 0.1) is 0 Å².